The van der Waals surface area contributed by atoms with Crippen LogP contribution in [-0.2, 0) is 15.6 Å². The van der Waals surface area contributed by atoms with Crippen molar-refractivity contribution in [1.29, 1.82) is 0 Å². The topological polar surface area (TPSA) is 38.3 Å². The molecule has 1 rings (SSSR count). The van der Waals surface area contributed by atoms with Crippen LogP contribution in [0.2, 0.25) is 39.3 Å². The lowest BCUT2D eigenvalue weighted by atomic mass is 10.1. The molecule has 0 saturated heterocycles. The van der Waals surface area contributed by atoms with Crippen LogP contribution in [0.3, 0.4) is 0 Å². The van der Waals surface area contributed by atoms with Gasteiger partial charge in [0.1, 0.15) is 14.3 Å². The second kappa shape index (κ2) is 6.69. The molecule has 1 unspecified atom stereocenters. The van der Waals surface area contributed by atoms with Crippen LogP contribution in [0.15, 0.2) is 30.2 Å². The normalized spacial score (nSPS) is 17.4. The van der Waals surface area contributed by atoms with E-state index < -0.39 is 34.6 Å². The number of benzene rings is 1. The van der Waals surface area contributed by atoms with Gasteiger partial charge < -0.3 is 9.41 Å². The minimum atomic E-state index is -2.11. The Balaban J connectivity index is 3.29. The average molecular weight is 315 g/mol. The lowest BCUT2D eigenvalue weighted by Crippen LogP contribution is -2.54. The van der Waals surface area contributed by atoms with Gasteiger partial charge in [0.25, 0.3) is 0 Å². The van der Waals surface area contributed by atoms with Gasteiger partial charge in [-0.25, -0.2) is 0 Å². The highest BCUT2D eigenvalue weighted by atomic mass is 28.4. The Bertz CT molecular complexity index is 642. The lowest BCUT2D eigenvalue weighted by molar-refractivity contribution is -0.137. The van der Waals surface area contributed by atoms with Crippen molar-refractivity contribution in [3.8, 4) is 0 Å². The highest BCUT2D eigenvalue weighted by Gasteiger charge is 2.30. The first-order valence-electron chi connectivity index (χ1n) is 9.20. The third-order valence-electron chi connectivity index (χ3n) is 2.26. The second-order valence-corrected chi connectivity index (χ2v) is 16.0. The highest BCUT2D eigenvalue weighted by Crippen LogP contribution is 2.11. The zero-order chi connectivity index (χ0) is 19.7. The van der Waals surface area contributed by atoms with E-state index in [0.29, 0.717) is 0 Å². The van der Waals surface area contributed by atoms with Crippen molar-refractivity contribution in [2.75, 3.05) is 0 Å². The summed E-state index contributed by atoms with van der Waals surface area (Å²) in [5.74, 6) is -0.423. The van der Waals surface area contributed by atoms with Crippen molar-refractivity contribution in [2.24, 2.45) is 0 Å². The van der Waals surface area contributed by atoms with Crippen LogP contribution in [0.25, 0.3) is 0 Å². The predicted octanol–water partition coefficient (Wildman–Crippen LogP) is 3.40. The third kappa shape index (κ3) is 7.02. The van der Waals surface area contributed by atoms with Crippen LogP contribution in [0.1, 0.15) is 12.4 Å². The van der Waals surface area contributed by atoms with E-state index in [1.54, 1.807) is 0 Å². The summed E-state index contributed by atoms with van der Waals surface area (Å²) in [5.41, 5.74) is 0.134. The van der Waals surface area contributed by atoms with E-state index in [9.17, 15) is 4.79 Å². The molecule has 0 aliphatic carbocycles. The van der Waals surface area contributed by atoms with Gasteiger partial charge in [0.05, 0.1) is 6.85 Å². The maximum absolute atomic E-state index is 12.6. The Hall–Kier alpha value is -0.916. The second-order valence-electron chi connectivity index (χ2n) is 6.79. The largest absolute Gasteiger partial charge is 0.519 e. The van der Waals surface area contributed by atoms with Gasteiger partial charge in [-0.2, -0.15) is 0 Å². The smallest absolute Gasteiger partial charge is 0.309 e. The summed E-state index contributed by atoms with van der Waals surface area (Å²) in [6, 6.07) is -2.48. The summed E-state index contributed by atoms with van der Waals surface area (Å²) in [5, 5.41) is 0. The zero-order valence-electron chi connectivity index (χ0n) is 18.1. The van der Waals surface area contributed by atoms with E-state index in [-0.39, 0.29) is 36.2 Å². The molecule has 0 saturated carbocycles. The van der Waals surface area contributed by atoms with Gasteiger partial charge >= 0.3 is 5.97 Å². The Morgan fingerprint density at radius 1 is 1.20 bits per heavy atom. The lowest BCUT2D eigenvalue weighted by Gasteiger charge is -2.28. The molecule has 1 aromatic carbocycles. The van der Waals surface area contributed by atoms with Crippen LogP contribution >= 0.6 is 0 Å². The van der Waals surface area contributed by atoms with E-state index in [2.05, 4.69) is 4.98 Å². The molecular formula is C15H27NO2Si2. The number of rotatable bonds is 6. The van der Waals surface area contributed by atoms with Gasteiger partial charge in [-0.05, 0) is 31.6 Å². The van der Waals surface area contributed by atoms with Crippen molar-refractivity contribution < 1.29 is 16.1 Å². The first-order chi connectivity index (χ1) is 11.1. The van der Waals surface area contributed by atoms with Gasteiger partial charge in [0.2, 0.25) is 8.32 Å². The molecule has 0 aromatic heterocycles. The summed E-state index contributed by atoms with van der Waals surface area (Å²) < 4.78 is 44.9. The molecule has 0 aliphatic heterocycles. The zero-order valence-corrected chi connectivity index (χ0v) is 15.1. The molecule has 0 fully saturated rings. The molecule has 3 nitrogen and oxygen atoms in total. The van der Waals surface area contributed by atoms with Gasteiger partial charge in [-0.1, -0.05) is 49.9 Å². The minimum absolute atomic E-state index is 0.00326. The fourth-order valence-electron chi connectivity index (χ4n) is 1.67. The van der Waals surface area contributed by atoms with E-state index in [1.807, 2.05) is 39.3 Å². The molecule has 0 spiro atoms. The number of carbonyl (C=O) groups excluding carboxylic acids is 1. The number of carbonyl (C=O) groups is 1. The Morgan fingerprint density at radius 2 is 1.75 bits per heavy atom. The summed E-state index contributed by atoms with van der Waals surface area (Å²) in [6.07, 6.45) is 0.00326. The summed E-state index contributed by atoms with van der Waals surface area (Å²) in [6.45, 7) is 11.8. The molecule has 0 bridgehead atoms. The molecular weight excluding hydrogens is 282 g/mol. The molecule has 0 aliphatic rings. The first-order valence-corrected chi connectivity index (χ1v) is 13.6. The Labute approximate surface area is 132 Å². The quantitative estimate of drug-likeness (QED) is 0.818. The molecule has 5 heteroatoms. The minimum Gasteiger partial charge on any atom is -0.519 e. The van der Waals surface area contributed by atoms with Crippen molar-refractivity contribution in [3.05, 3.63) is 35.8 Å². The van der Waals surface area contributed by atoms with E-state index in [4.69, 9.17) is 11.3 Å². The van der Waals surface area contributed by atoms with Gasteiger partial charge in [-0.3, -0.25) is 4.79 Å². The van der Waals surface area contributed by atoms with Crippen molar-refractivity contribution >= 4 is 22.5 Å². The molecule has 0 heterocycles. The molecule has 1 aromatic rings. The fraction of sp³-hybridized carbons (Fsp3) is 0.533. The molecule has 20 heavy (non-hydrogen) atoms. The van der Waals surface area contributed by atoms with Crippen LogP contribution in [0.5, 0.6) is 0 Å². The summed E-state index contributed by atoms with van der Waals surface area (Å²) in [4.78, 5) is 15.9. The first kappa shape index (κ1) is 10.8. The highest BCUT2D eigenvalue weighted by molar-refractivity contribution is 6.74. The molecule has 0 amide bonds. The fourth-order valence-corrected chi connectivity index (χ4v) is 3.68. The summed E-state index contributed by atoms with van der Waals surface area (Å²) >= 11 is 0. The SMILES string of the molecule is [2H]c1c([2H])c([2H])c(CC(N[Si](C)(C)C)C(=O)O[Si](C)(C)C)c([2H])c1[2H]. The Kier molecular flexibility index (Phi) is 3.60. The molecule has 1 N–H and O–H groups in total. The van der Waals surface area contributed by atoms with E-state index in [1.165, 1.54) is 0 Å². The number of hydrogen-bond acceptors (Lipinski definition) is 3. The van der Waals surface area contributed by atoms with Crippen molar-refractivity contribution in [2.45, 2.75) is 51.7 Å². The van der Waals surface area contributed by atoms with Crippen molar-refractivity contribution in [1.82, 2.24) is 4.98 Å². The standard InChI is InChI=1S/C15H27NO2Si2/c1-19(2,3)16-14(15(17)18-20(4,5)6)12-13-10-8-7-9-11-13/h7-11,14,16H,12H2,1-6H3/i7D,8D,9D,10D,11D. The third-order valence-corrected chi connectivity index (χ3v) is 4.29. The molecule has 112 valence electrons. The van der Waals surface area contributed by atoms with Gasteiger partial charge in [0, 0.05) is 0 Å². The summed E-state index contributed by atoms with van der Waals surface area (Å²) in [7, 11) is -3.98. The molecule has 1 atom stereocenters. The van der Waals surface area contributed by atoms with Crippen LogP contribution in [-0.4, -0.2) is 28.6 Å². The maximum atomic E-state index is 12.6. The van der Waals surface area contributed by atoms with E-state index in [0.717, 1.165) is 0 Å². The van der Waals surface area contributed by atoms with E-state index >= 15 is 0 Å². The van der Waals surface area contributed by atoms with Crippen LogP contribution < -0.4 is 4.98 Å². The van der Waals surface area contributed by atoms with Crippen LogP contribution in [0.4, 0.5) is 0 Å². The maximum Gasteiger partial charge on any atom is 0.309 e. The van der Waals surface area contributed by atoms with Gasteiger partial charge in [0.15, 0.2) is 0 Å². The number of nitrogens with one attached hydrogen (secondary N) is 1. The number of hydrogen-bond donors (Lipinski definition) is 1. The predicted molar refractivity (Wildman–Crippen MR) is 89.9 cm³/mol. The van der Waals surface area contributed by atoms with Gasteiger partial charge in [-0.15, -0.1) is 0 Å². The molecule has 0 radical (unpaired) electrons. The monoisotopic (exact) mass is 314 g/mol. The average Bonchev–Trinajstić information content (AvgIpc) is 2.43. The van der Waals surface area contributed by atoms with Crippen molar-refractivity contribution in [3.63, 3.8) is 0 Å². The Morgan fingerprint density at radius 3 is 2.20 bits per heavy atom. The van der Waals surface area contributed by atoms with Crippen LogP contribution in [0, 0.1) is 0 Å².